The fraction of sp³-hybridized carbons (Fsp3) is 0.333. The van der Waals surface area contributed by atoms with E-state index >= 15 is 0 Å². The summed E-state index contributed by atoms with van der Waals surface area (Å²) in [5.41, 5.74) is 2.61. The average molecular weight is 444 g/mol. The van der Waals surface area contributed by atoms with Crippen molar-refractivity contribution < 1.29 is 14.3 Å². The minimum atomic E-state index is -0.551. The molecular weight excluding hydrogens is 421 g/mol. The van der Waals surface area contributed by atoms with E-state index in [2.05, 4.69) is 0 Å². The first-order chi connectivity index (χ1) is 14.3. The molecule has 1 fully saturated rings. The van der Waals surface area contributed by atoms with E-state index in [1.165, 1.54) is 0 Å². The molecule has 0 saturated carbocycles. The van der Waals surface area contributed by atoms with Crippen LogP contribution in [-0.4, -0.2) is 35.3 Å². The molecule has 2 aromatic carbocycles. The van der Waals surface area contributed by atoms with Gasteiger partial charge < -0.3 is 9.64 Å². The number of Topliss-reactive ketones (excluding diaryl/α,β-unsaturated/α-hetero) is 1. The van der Waals surface area contributed by atoms with Crippen LogP contribution in [0.4, 0.5) is 0 Å². The van der Waals surface area contributed by atoms with E-state index in [-0.39, 0.29) is 11.7 Å². The van der Waals surface area contributed by atoms with Crippen molar-refractivity contribution in [3.63, 3.8) is 0 Å². The lowest BCUT2D eigenvalue weighted by Crippen LogP contribution is -2.52. The predicted octanol–water partition coefficient (Wildman–Crippen LogP) is 5.65. The Kier molecular flexibility index (Phi) is 5.65. The smallest absolute Gasteiger partial charge is 0.246 e. The molecule has 2 aliphatic rings. The molecule has 0 bridgehead atoms. The number of amides is 1. The van der Waals surface area contributed by atoms with Crippen LogP contribution in [0.25, 0.3) is 6.08 Å². The molecule has 0 aliphatic carbocycles. The molecule has 4 rings (SSSR count). The van der Waals surface area contributed by atoms with E-state index in [4.69, 9.17) is 27.9 Å². The second kappa shape index (κ2) is 8.09. The number of carbonyl (C=O) groups excluding carboxylic acids is 2. The highest BCUT2D eigenvalue weighted by molar-refractivity contribution is 6.33. The number of nitrogens with zero attached hydrogens (tertiary/aromatic N) is 1. The monoisotopic (exact) mass is 443 g/mol. The van der Waals surface area contributed by atoms with Gasteiger partial charge in [0.05, 0.1) is 12.0 Å². The molecule has 0 N–H and O–H groups in total. The Morgan fingerprint density at radius 2 is 1.90 bits per heavy atom. The van der Waals surface area contributed by atoms with Gasteiger partial charge >= 0.3 is 0 Å². The topological polar surface area (TPSA) is 46.6 Å². The maximum atomic E-state index is 12.9. The Labute approximate surface area is 186 Å². The van der Waals surface area contributed by atoms with Crippen LogP contribution in [0.15, 0.2) is 36.4 Å². The highest BCUT2D eigenvalue weighted by Gasteiger charge is 2.44. The van der Waals surface area contributed by atoms with Crippen LogP contribution < -0.4 is 4.74 Å². The molecule has 0 atom stereocenters. The average Bonchev–Trinajstić information content (AvgIpc) is 2.70. The van der Waals surface area contributed by atoms with Crippen LogP contribution in [-0.2, 0) is 4.79 Å². The zero-order valence-electron chi connectivity index (χ0n) is 17.0. The van der Waals surface area contributed by atoms with Crippen LogP contribution in [0.5, 0.6) is 5.75 Å². The van der Waals surface area contributed by atoms with Crippen LogP contribution in [0.1, 0.15) is 46.3 Å². The Morgan fingerprint density at radius 3 is 2.60 bits per heavy atom. The number of ketones is 1. The summed E-state index contributed by atoms with van der Waals surface area (Å²) < 4.78 is 6.37. The van der Waals surface area contributed by atoms with E-state index in [0.29, 0.717) is 53.7 Å². The van der Waals surface area contributed by atoms with Gasteiger partial charge in [0.1, 0.15) is 11.4 Å². The Balaban J connectivity index is 1.45. The van der Waals surface area contributed by atoms with Crippen molar-refractivity contribution in [3.8, 4) is 5.75 Å². The van der Waals surface area contributed by atoms with E-state index in [9.17, 15) is 9.59 Å². The SMILES string of the molecule is Cc1cc2c(c(C)c1Cl)C(=O)CC1(CCN(C(=O)/C=C/c3cccc(Cl)c3)CC1)O2. The Bertz CT molecular complexity index is 1050. The van der Waals surface area contributed by atoms with Crippen molar-refractivity contribution in [2.45, 2.75) is 38.7 Å². The predicted molar refractivity (Wildman–Crippen MR) is 120 cm³/mol. The number of hydrogen-bond acceptors (Lipinski definition) is 3. The van der Waals surface area contributed by atoms with Gasteiger partial charge in [0.2, 0.25) is 5.91 Å². The molecule has 1 amide bonds. The highest BCUT2D eigenvalue weighted by Crippen LogP contribution is 2.43. The van der Waals surface area contributed by atoms with Crippen LogP contribution >= 0.6 is 23.2 Å². The van der Waals surface area contributed by atoms with Gasteiger partial charge in [-0.3, -0.25) is 9.59 Å². The molecule has 0 unspecified atom stereocenters. The molecule has 1 saturated heterocycles. The summed E-state index contributed by atoms with van der Waals surface area (Å²) in [6, 6.07) is 9.21. The van der Waals surface area contributed by atoms with E-state index < -0.39 is 5.60 Å². The molecule has 2 aliphatic heterocycles. The number of hydrogen-bond donors (Lipinski definition) is 0. The quantitative estimate of drug-likeness (QED) is 0.563. The van der Waals surface area contributed by atoms with Crippen molar-refractivity contribution in [2.75, 3.05) is 13.1 Å². The Hall–Kier alpha value is -2.30. The third kappa shape index (κ3) is 3.99. The van der Waals surface area contributed by atoms with Crippen LogP contribution in [0.2, 0.25) is 10.0 Å². The van der Waals surface area contributed by atoms with Gasteiger partial charge in [-0.05, 0) is 54.8 Å². The van der Waals surface area contributed by atoms with Crippen molar-refractivity contribution >= 4 is 41.0 Å². The summed E-state index contributed by atoms with van der Waals surface area (Å²) >= 11 is 12.3. The van der Waals surface area contributed by atoms with Crippen molar-refractivity contribution in [3.05, 3.63) is 68.7 Å². The van der Waals surface area contributed by atoms with Gasteiger partial charge in [0.15, 0.2) is 5.78 Å². The standard InChI is InChI=1S/C24H23Cl2NO3/c1-15-12-20-22(16(2)23(15)26)19(28)14-24(30-20)8-10-27(11-9-24)21(29)7-6-17-4-3-5-18(25)13-17/h3-7,12-13H,8-11,14H2,1-2H3/b7-6+. The normalized spacial score (nSPS) is 17.9. The number of aryl methyl sites for hydroxylation is 1. The molecule has 0 radical (unpaired) electrons. The van der Waals surface area contributed by atoms with Gasteiger partial charge in [0.25, 0.3) is 0 Å². The first-order valence-corrected chi connectivity index (χ1v) is 10.8. The zero-order valence-corrected chi connectivity index (χ0v) is 18.5. The largest absolute Gasteiger partial charge is 0.486 e. The number of halogens is 2. The van der Waals surface area contributed by atoms with Crippen LogP contribution in [0, 0.1) is 13.8 Å². The fourth-order valence-corrected chi connectivity index (χ4v) is 4.64. The lowest BCUT2D eigenvalue weighted by Gasteiger charge is -2.44. The van der Waals surface area contributed by atoms with E-state index in [0.717, 1.165) is 16.7 Å². The number of likely N-dealkylation sites (tertiary alicyclic amines) is 1. The summed E-state index contributed by atoms with van der Waals surface area (Å²) in [5.74, 6) is 0.633. The van der Waals surface area contributed by atoms with E-state index in [1.54, 1.807) is 23.1 Å². The van der Waals surface area contributed by atoms with Gasteiger partial charge in [-0.1, -0.05) is 35.3 Å². The second-order valence-corrected chi connectivity index (χ2v) is 8.92. The van der Waals surface area contributed by atoms with E-state index in [1.807, 2.05) is 38.1 Å². The van der Waals surface area contributed by atoms with Gasteiger partial charge in [-0.2, -0.15) is 0 Å². The first-order valence-electron chi connectivity index (χ1n) is 10.0. The van der Waals surface area contributed by atoms with Gasteiger partial charge in [-0.15, -0.1) is 0 Å². The molecular formula is C24H23Cl2NO3. The summed E-state index contributed by atoms with van der Waals surface area (Å²) in [6.07, 6.45) is 4.90. The lowest BCUT2D eigenvalue weighted by molar-refractivity contribution is -0.129. The van der Waals surface area contributed by atoms with Crippen molar-refractivity contribution in [2.24, 2.45) is 0 Å². The number of fused-ring (bicyclic) bond motifs is 1. The van der Waals surface area contributed by atoms with Crippen LogP contribution in [0.3, 0.4) is 0 Å². The Morgan fingerprint density at radius 1 is 1.17 bits per heavy atom. The third-order valence-electron chi connectivity index (χ3n) is 5.99. The second-order valence-electron chi connectivity index (χ2n) is 8.10. The van der Waals surface area contributed by atoms with Gasteiger partial charge in [-0.25, -0.2) is 0 Å². The fourth-order valence-electron chi connectivity index (χ4n) is 4.30. The number of ether oxygens (including phenoxy) is 1. The van der Waals surface area contributed by atoms with Crippen molar-refractivity contribution in [1.29, 1.82) is 0 Å². The summed E-state index contributed by atoms with van der Waals surface area (Å²) in [7, 11) is 0. The molecule has 30 heavy (non-hydrogen) atoms. The lowest BCUT2D eigenvalue weighted by atomic mass is 9.81. The summed E-state index contributed by atoms with van der Waals surface area (Å²) in [5, 5.41) is 1.25. The highest BCUT2D eigenvalue weighted by atomic mass is 35.5. The van der Waals surface area contributed by atoms with Gasteiger partial charge in [0, 0.05) is 42.1 Å². The summed E-state index contributed by atoms with van der Waals surface area (Å²) in [4.78, 5) is 27.3. The maximum Gasteiger partial charge on any atom is 0.246 e. The number of carbonyl (C=O) groups is 2. The maximum absolute atomic E-state index is 12.9. The number of rotatable bonds is 2. The molecule has 6 heteroatoms. The molecule has 1 spiro atoms. The molecule has 4 nitrogen and oxygen atoms in total. The van der Waals surface area contributed by atoms with Crippen molar-refractivity contribution in [1.82, 2.24) is 4.90 Å². The molecule has 2 heterocycles. The zero-order chi connectivity index (χ0) is 21.5. The molecule has 156 valence electrons. The minimum absolute atomic E-state index is 0.0502. The molecule has 0 aromatic heterocycles. The first kappa shape index (κ1) is 21.0. The number of benzene rings is 2. The third-order valence-corrected chi connectivity index (χ3v) is 6.80. The number of piperidine rings is 1. The summed E-state index contributed by atoms with van der Waals surface area (Å²) in [6.45, 7) is 4.87. The molecule has 2 aromatic rings. The minimum Gasteiger partial charge on any atom is -0.486 e.